The molecule has 2 atom stereocenters. The Morgan fingerprint density at radius 1 is 1.03 bits per heavy atom. The van der Waals surface area contributed by atoms with Crippen LogP contribution in [0.5, 0.6) is 0 Å². The highest BCUT2D eigenvalue weighted by Crippen LogP contribution is 2.51. The number of fused-ring (bicyclic) bond motifs is 1. The first-order valence-corrected chi connectivity index (χ1v) is 13.8. The Kier molecular flexibility index (Phi) is 8.37. The topological polar surface area (TPSA) is 61.8 Å². The Balaban J connectivity index is 2.36. The smallest absolute Gasteiger partial charge is 0.323 e. The molecule has 2 aliphatic rings. The van der Waals surface area contributed by atoms with Gasteiger partial charge in [0.05, 0.1) is 14.2 Å². The van der Waals surface area contributed by atoms with Crippen LogP contribution in [0.15, 0.2) is 23.3 Å². The van der Waals surface area contributed by atoms with Crippen LogP contribution in [-0.4, -0.2) is 41.1 Å². The van der Waals surface area contributed by atoms with E-state index in [9.17, 15) is 9.59 Å². The molecule has 0 spiro atoms. The van der Waals surface area contributed by atoms with Gasteiger partial charge in [-0.25, -0.2) is 0 Å². The van der Waals surface area contributed by atoms with Crippen LogP contribution in [0.1, 0.15) is 67.7 Å². The van der Waals surface area contributed by atoms with Crippen molar-refractivity contribution in [2.45, 2.75) is 84.4 Å². The largest absolute Gasteiger partial charge is 0.468 e. The molecule has 0 N–H and O–H groups in total. The van der Waals surface area contributed by atoms with E-state index < -0.39 is 25.7 Å². The maximum absolute atomic E-state index is 12.6. The number of carbonyl (C=O) groups is 2. The Labute approximate surface area is 189 Å². The van der Waals surface area contributed by atoms with E-state index >= 15 is 0 Å². The number of hydrogen-bond donors (Lipinski definition) is 0. The minimum absolute atomic E-state index is 0.0606. The highest BCUT2D eigenvalue weighted by atomic mass is 28.4. The fraction of sp³-hybridized carbons (Fsp3) is 0.760. The molecule has 1 fully saturated rings. The Morgan fingerprint density at radius 2 is 1.55 bits per heavy atom. The van der Waals surface area contributed by atoms with Gasteiger partial charge in [0, 0.05) is 12.5 Å². The fourth-order valence-electron chi connectivity index (χ4n) is 6.21. The zero-order valence-corrected chi connectivity index (χ0v) is 21.9. The number of hydrogen-bond acceptors (Lipinski definition) is 5. The van der Waals surface area contributed by atoms with Crippen LogP contribution >= 0.6 is 0 Å². The van der Waals surface area contributed by atoms with Crippen molar-refractivity contribution >= 4 is 20.3 Å². The van der Waals surface area contributed by atoms with E-state index in [4.69, 9.17) is 13.9 Å². The Bertz CT molecular complexity index is 696. The van der Waals surface area contributed by atoms with Crippen LogP contribution in [0.3, 0.4) is 0 Å². The average molecular weight is 451 g/mol. The van der Waals surface area contributed by atoms with Crippen molar-refractivity contribution in [1.29, 1.82) is 0 Å². The van der Waals surface area contributed by atoms with Crippen LogP contribution in [-0.2, 0) is 23.5 Å². The fourth-order valence-corrected chi connectivity index (χ4v) is 11.7. The van der Waals surface area contributed by atoms with Gasteiger partial charge in [-0.05, 0) is 48.7 Å². The molecule has 0 heterocycles. The first-order valence-electron chi connectivity index (χ1n) is 11.6. The van der Waals surface area contributed by atoms with Gasteiger partial charge in [-0.3, -0.25) is 9.59 Å². The van der Waals surface area contributed by atoms with Crippen molar-refractivity contribution < 1.29 is 23.5 Å². The molecule has 31 heavy (non-hydrogen) atoms. The first-order chi connectivity index (χ1) is 14.5. The maximum Gasteiger partial charge on any atom is 0.323 e. The summed E-state index contributed by atoms with van der Waals surface area (Å²) in [5.41, 5.74) is 2.78. The van der Waals surface area contributed by atoms with Crippen LogP contribution in [0.4, 0.5) is 0 Å². The molecular formula is C25H42O5Si. The molecule has 0 saturated heterocycles. The van der Waals surface area contributed by atoms with E-state index in [1.807, 2.05) is 0 Å². The molecule has 0 radical (unpaired) electrons. The number of carbonyl (C=O) groups excluding carboxylic acids is 2. The van der Waals surface area contributed by atoms with Gasteiger partial charge in [-0.2, -0.15) is 0 Å². The van der Waals surface area contributed by atoms with E-state index in [1.54, 1.807) is 0 Å². The summed E-state index contributed by atoms with van der Waals surface area (Å²) in [7, 11) is 0.711. The summed E-state index contributed by atoms with van der Waals surface area (Å²) in [5.74, 6) is -0.685. The number of rotatable bonds is 8. The lowest BCUT2D eigenvalue weighted by atomic mass is 9.84. The van der Waals surface area contributed by atoms with Gasteiger partial charge < -0.3 is 13.9 Å². The molecule has 0 aromatic carbocycles. The lowest BCUT2D eigenvalue weighted by molar-refractivity contribution is -0.168. The zero-order valence-electron chi connectivity index (χ0n) is 20.9. The summed E-state index contributed by atoms with van der Waals surface area (Å²) in [6, 6.07) is 0. The van der Waals surface area contributed by atoms with E-state index in [0.717, 1.165) is 6.42 Å². The summed E-state index contributed by atoms with van der Waals surface area (Å²) in [4.78, 5) is 25.3. The van der Waals surface area contributed by atoms with Gasteiger partial charge in [-0.15, -0.1) is 0 Å². The predicted octanol–water partition coefficient (Wildman–Crippen LogP) is 5.81. The monoisotopic (exact) mass is 450 g/mol. The minimum Gasteiger partial charge on any atom is -0.468 e. The number of methoxy groups -OCH3 is 2. The van der Waals surface area contributed by atoms with Gasteiger partial charge in [-0.1, -0.05) is 64.8 Å². The SMILES string of the molecule is COC(=O)C1(C(=O)OC)CC2=C(C)[C@@H](CO[Si](C(C)C)(C(C)C)C(C)C)CC=C[C@H]2C1. The first kappa shape index (κ1) is 25.9. The second-order valence-corrected chi connectivity index (χ2v) is 15.7. The van der Waals surface area contributed by atoms with Crippen molar-refractivity contribution in [3.63, 3.8) is 0 Å². The number of ether oxygens (including phenoxy) is 2. The van der Waals surface area contributed by atoms with Gasteiger partial charge in [0.1, 0.15) is 0 Å². The van der Waals surface area contributed by atoms with Crippen molar-refractivity contribution in [2.75, 3.05) is 20.8 Å². The lowest BCUT2D eigenvalue weighted by Gasteiger charge is -2.43. The molecule has 0 bridgehead atoms. The summed E-state index contributed by atoms with van der Waals surface area (Å²) < 4.78 is 17.0. The molecule has 0 aromatic rings. The van der Waals surface area contributed by atoms with Crippen LogP contribution < -0.4 is 0 Å². The van der Waals surface area contributed by atoms with Gasteiger partial charge in [0.25, 0.3) is 0 Å². The Hall–Kier alpha value is -1.40. The highest BCUT2D eigenvalue weighted by Gasteiger charge is 2.56. The second kappa shape index (κ2) is 10.0. The molecule has 6 heteroatoms. The maximum atomic E-state index is 12.6. The van der Waals surface area contributed by atoms with Gasteiger partial charge in [0.2, 0.25) is 0 Å². The Morgan fingerprint density at radius 3 is 2.00 bits per heavy atom. The molecule has 176 valence electrons. The molecule has 0 aliphatic heterocycles. The summed E-state index contributed by atoms with van der Waals surface area (Å²) in [6.07, 6.45) is 6.05. The van der Waals surface area contributed by atoms with Gasteiger partial charge >= 0.3 is 11.9 Å². The van der Waals surface area contributed by atoms with Crippen molar-refractivity contribution in [3.05, 3.63) is 23.3 Å². The third-order valence-corrected chi connectivity index (χ3v) is 13.9. The third kappa shape index (κ3) is 4.56. The van der Waals surface area contributed by atoms with Crippen molar-refractivity contribution in [1.82, 2.24) is 0 Å². The minimum atomic E-state index is -1.96. The van der Waals surface area contributed by atoms with Crippen molar-refractivity contribution in [2.24, 2.45) is 17.3 Å². The molecule has 2 rings (SSSR count). The normalized spacial score (nSPS) is 23.4. The quantitative estimate of drug-likeness (QED) is 0.202. The summed E-state index contributed by atoms with van der Waals surface area (Å²) >= 11 is 0. The zero-order chi connectivity index (χ0) is 23.6. The van der Waals surface area contributed by atoms with Crippen molar-refractivity contribution in [3.8, 4) is 0 Å². The molecule has 0 amide bonds. The molecular weight excluding hydrogens is 408 g/mol. The predicted molar refractivity (Wildman–Crippen MR) is 126 cm³/mol. The van der Waals surface area contributed by atoms with Crippen LogP contribution in [0.2, 0.25) is 16.6 Å². The average Bonchev–Trinajstić information content (AvgIpc) is 3.04. The highest BCUT2D eigenvalue weighted by molar-refractivity contribution is 6.77. The molecule has 1 saturated carbocycles. The number of allylic oxidation sites excluding steroid dienone is 3. The van der Waals surface area contributed by atoms with E-state index in [0.29, 0.717) is 36.1 Å². The summed E-state index contributed by atoms with van der Waals surface area (Å²) in [6.45, 7) is 16.7. The standard InChI is InChI=1S/C25H42O5Si/c1-16(2)31(17(3)4,18(5)6)30-15-21-12-10-11-20-13-25(23(26)28-8,24(27)29-9)14-22(20)19(21)7/h10-11,16-18,20-21H,12-15H2,1-9H3/t20-,21+/m0/s1. The van der Waals surface area contributed by atoms with Gasteiger partial charge in [0.15, 0.2) is 13.7 Å². The third-order valence-electron chi connectivity index (χ3n) is 7.81. The molecule has 5 nitrogen and oxygen atoms in total. The lowest BCUT2D eigenvalue weighted by Crippen LogP contribution is -2.48. The molecule has 2 aliphatic carbocycles. The molecule has 0 aromatic heterocycles. The summed E-state index contributed by atoms with van der Waals surface area (Å²) in [5, 5.41) is 0. The van der Waals surface area contributed by atoms with E-state index in [1.165, 1.54) is 25.4 Å². The number of esters is 2. The van der Waals surface area contributed by atoms with E-state index in [-0.39, 0.29) is 11.8 Å². The van der Waals surface area contributed by atoms with Crippen LogP contribution in [0.25, 0.3) is 0 Å². The van der Waals surface area contributed by atoms with Crippen LogP contribution in [0, 0.1) is 17.3 Å². The molecule has 0 unspecified atom stereocenters. The van der Waals surface area contributed by atoms with E-state index in [2.05, 4.69) is 60.6 Å². The second-order valence-electron chi connectivity index (χ2n) is 10.3.